The van der Waals surface area contributed by atoms with Crippen LogP contribution in [0.3, 0.4) is 0 Å². The highest BCUT2D eigenvalue weighted by Crippen LogP contribution is 2.14. The van der Waals surface area contributed by atoms with E-state index in [-0.39, 0.29) is 17.5 Å². The van der Waals surface area contributed by atoms with E-state index in [1.165, 1.54) is 0 Å². The zero-order valence-electron chi connectivity index (χ0n) is 11.7. The number of nitrogens with two attached hydrogens (primary N) is 1. The van der Waals surface area contributed by atoms with Crippen LogP contribution in [0.4, 0.5) is 5.69 Å². The van der Waals surface area contributed by atoms with Gasteiger partial charge in [0.25, 0.3) is 5.91 Å². The summed E-state index contributed by atoms with van der Waals surface area (Å²) >= 11 is 11.0. The van der Waals surface area contributed by atoms with Crippen molar-refractivity contribution < 1.29 is 9.59 Å². The van der Waals surface area contributed by atoms with E-state index in [1.54, 1.807) is 48.5 Å². The second-order valence-corrected chi connectivity index (χ2v) is 5.15. The molecule has 5 nitrogen and oxygen atoms in total. The smallest absolute Gasteiger partial charge is 0.258 e. The lowest BCUT2D eigenvalue weighted by molar-refractivity contribution is 0.0975. The topological polar surface area (TPSA) is 84.2 Å². The van der Waals surface area contributed by atoms with Gasteiger partial charge in [-0.25, -0.2) is 0 Å². The molecule has 0 spiro atoms. The fraction of sp³-hybridized carbons (Fsp3) is 0. The molecule has 0 saturated carbocycles. The van der Waals surface area contributed by atoms with Gasteiger partial charge in [0, 0.05) is 11.3 Å². The minimum Gasteiger partial charge on any atom is -0.366 e. The molecule has 4 N–H and O–H groups in total. The molecule has 0 aliphatic heterocycles. The van der Waals surface area contributed by atoms with E-state index in [9.17, 15) is 9.59 Å². The Labute approximate surface area is 149 Å². The summed E-state index contributed by atoms with van der Waals surface area (Å²) in [5.74, 6) is -0.919. The number of carbonyl (C=O) groups is 2. The second-order valence-electron chi connectivity index (χ2n) is 4.33. The molecular weight excluding hydrogens is 357 g/mol. The number of benzene rings is 2. The van der Waals surface area contributed by atoms with Crippen LogP contribution in [-0.4, -0.2) is 16.9 Å². The molecule has 0 saturated heterocycles. The van der Waals surface area contributed by atoms with Gasteiger partial charge < -0.3 is 11.1 Å². The van der Waals surface area contributed by atoms with Crippen molar-refractivity contribution in [3.05, 3.63) is 64.7 Å². The predicted molar refractivity (Wildman–Crippen MR) is 97.3 cm³/mol. The normalized spacial score (nSPS) is 9.43. The molecule has 2 rings (SSSR count). The SMILES string of the molecule is Cl.NC(=O)c1ccc(NC(=S)NC(=O)c2ccccc2Cl)cc1. The van der Waals surface area contributed by atoms with E-state index in [0.29, 0.717) is 21.8 Å². The van der Waals surface area contributed by atoms with Crippen LogP contribution >= 0.6 is 36.2 Å². The number of hydrogen-bond donors (Lipinski definition) is 3. The maximum absolute atomic E-state index is 12.0. The number of anilines is 1. The van der Waals surface area contributed by atoms with Gasteiger partial charge in [-0.05, 0) is 48.6 Å². The van der Waals surface area contributed by atoms with Crippen LogP contribution in [0.25, 0.3) is 0 Å². The third-order valence-corrected chi connectivity index (χ3v) is 3.31. The van der Waals surface area contributed by atoms with Crippen molar-refractivity contribution in [3.63, 3.8) is 0 Å². The maximum Gasteiger partial charge on any atom is 0.258 e. The molecule has 120 valence electrons. The molecule has 0 heterocycles. The molecule has 0 unspecified atom stereocenters. The van der Waals surface area contributed by atoms with Crippen molar-refractivity contribution in [2.75, 3.05) is 5.32 Å². The summed E-state index contributed by atoms with van der Waals surface area (Å²) in [7, 11) is 0. The maximum atomic E-state index is 12.0. The highest BCUT2D eigenvalue weighted by Gasteiger charge is 2.11. The Kier molecular flexibility index (Phi) is 6.96. The Bertz CT molecular complexity index is 736. The lowest BCUT2D eigenvalue weighted by Gasteiger charge is -2.10. The molecule has 0 aliphatic rings. The molecule has 2 aromatic rings. The van der Waals surface area contributed by atoms with Crippen LogP contribution in [0.15, 0.2) is 48.5 Å². The van der Waals surface area contributed by atoms with Crippen molar-refractivity contribution in [1.29, 1.82) is 0 Å². The van der Waals surface area contributed by atoms with Gasteiger partial charge >= 0.3 is 0 Å². The van der Waals surface area contributed by atoms with Crippen molar-refractivity contribution in [1.82, 2.24) is 5.32 Å². The number of halogens is 2. The zero-order chi connectivity index (χ0) is 16.1. The van der Waals surface area contributed by atoms with Crippen LogP contribution in [0.1, 0.15) is 20.7 Å². The highest BCUT2D eigenvalue weighted by atomic mass is 35.5. The van der Waals surface area contributed by atoms with Gasteiger partial charge in [0.2, 0.25) is 5.91 Å². The fourth-order valence-electron chi connectivity index (χ4n) is 1.70. The summed E-state index contributed by atoms with van der Waals surface area (Å²) in [4.78, 5) is 23.0. The van der Waals surface area contributed by atoms with E-state index >= 15 is 0 Å². The van der Waals surface area contributed by atoms with E-state index in [2.05, 4.69) is 10.6 Å². The van der Waals surface area contributed by atoms with Gasteiger partial charge in [0.05, 0.1) is 10.6 Å². The molecule has 0 radical (unpaired) electrons. The molecule has 0 fully saturated rings. The van der Waals surface area contributed by atoms with E-state index < -0.39 is 11.8 Å². The Morgan fingerprint density at radius 3 is 2.22 bits per heavy atom. The molecule has 8 heteroatoms. The first-order valence-corrected chi connectivity index (χ1v) is 7.02. The third-order valence-electron chi connectivity index (χ3n) is 2.77. The van der Waals surface area contributed by atoms with Gasteiger partial charge in [-0.3, -0.25) is 14.9 Å². The molecule has 0 atom stereocenters. The summed E-state index contributed by atoms with van der Waals surface area (Å²) in [5, 5.41) is 5.82. The lowest BCUT2D eigenvalue weighted by atomic mass is 10.2. The van der Waals surface area contributed by atoms with Crippen molar-refractivity contribution in [2.45, 2.75) is 0 Å². The van der Waals surface area contributed by atoms with Gasteiger partial charge in [0.15, 0.2) is 5.11 Å². The van der Waals surface area contributed by atoms with Crippen LogP contribution in [-0.2, 0) is 0 Å². The molecule has 23 heavy (non-hydrogen) atoms. The quantitative estimate of drug-likeness (QED) is 0.726. The van der Waals surface area contributed by atoms with Crippen LogP contribution in [0.5, 0.6) is 0 Å². The standard InChI is InChI=1S/C15H12ClN3O2S.ClH/c16-12-4-2-1-3-11(12)14(21)19-15(22)18-10-7-5-9(6-8-10)13(17)20;/h1-8H,(H2,17,20)(H2,18,19,21,22);1H. The van der Waals surface area contributed by atoms with Gasteiger partial charge in [0.1, 0.15) is 0 Å². The number of hydrogen-bond acceptors (Lipinski definition) is 3. The first-order valence-electron chi connectivity index (χ1n) is 6.24. The molecule has 0 aromatic heterocycles. The molecule has 0 aliphatic carbocycles. The average molecular weight is 370 g/mol. The van der Waals surface area contributed by atoms with Crippen molar-refractivity contribution >= 4 is 58.8 Å². The zero-order valence-corrected chi connectivity index (χ0v) is 14.1. The number of thiocarbonyl (C=S) groups is 1. The van der Waals surface area contributed by atoms with Crippen molar-refractivity contribution in [2.24, 2.45) is 5.73 Å². The molecule has 2 aromatic carbocycles. The molecule has 2 amide bonds. The number of rotatable bonds is 3. The van der Waals surface area contributed by atoms with Crippen LogP contribution in [0.2, 0.25) is 5.02 Å². The Morgan fingerprint density at radius 2 is 1.65 bits per heavy atom. The number of primary amides is 1. The van der Waals surface area contributed by atoms with Gasteiger partial charge in [-0.1, -0.05) is 23.7 Å². The van der Waals surface area contributed by atoms with Gasteiger partial charge in [-0.15, -0.1) is 12.4 Å². The minimum atomic E-state index is -0.513. The number of carbonyl (C=O) groups excluding carboxylic acids is 2. The monoisotopic (exact) mass is 369 g/mol. The van der Waals surface area contributed by atoms with E-state index in [0.717, 1.165) is 0 Å². The number of amides is 2. The first kappa shape index (κ1) is 18.9. The summed E-state index contributed by atoms with van der Waals surface area (Å²) in [5.41, 5.74) is 6.49. The van der Waals surface area contributed by atoms with E-state index in [4.69, 9.17) is 29.6 Å². The summed E-state index contributed by atoms with van der Waals surface area (Å²) in [6.45, 7) is 0. The third kappa shape index (κ3) is 5.21. The predicted octanol–water partition coefficient (Wildman–Crippen LogP) is 2.99. The molecular formula is C15H13Cl2N3O2S. The van der Waals surface area contributed by atoms with Gasteiger partial charge in [-0.2, -0.15) is 0 Å². The Morgan fingerprint density at radius 1 is 1.04 bits per heavy atom. The largest absolute Gasteiger partial charge is 0.366 e. The minimum absolute atomic E-state index is 0. The Balaban J connectivity index is 0.00000264. The van der Waals surface area contributed by atoms with Crippen molar-refractivity contribution in [3.8, 4) is 0 Å². The first-order chi connectivity index (χ1) is 10.5. The fourth-order valence-corrected chi connectivity index (χ4v) is 2.13. The van der Waals surface area contributed by atoms with Crippen LogP contribution in [0, 0.1) is 0 Å². The summed E-state index contributed by atoms with van der Waals surface area (Å²) in [6.07, 6.45) is 0. The summed E-state index contributed by atoms with van der Waals surface area (Å²) in [6, 6.07) is 13.0. The second kappa shape index (κ2) is 8.47. The highest BCUT2D eigenvalue weighted by molar-refractivity contribution is 7.80. The summed E-state index contributed by atoms with van der Waals surface area (Å²) < 4.78 is 0. The molecule has 0 bridgehead atoms. The van der Waals surface area contributed by atoms with E-state index in [1.807, 2.05) is 0 Å². The lowest BCUT2D eigenvalue weighted by Crippen LogP contribution is -2.34. The number of nitrogens with one attached hydrogen (secondary N) is 2. The Hall–Kier alpha value is -2.15. The average Bonchev–Trinajstić information content (AvgIpc) is 2.48. The van der Waals surface area contributed by atoms with Crippen LogP contribution < -0.4 is 16.4 Å².